The molecular weight excluding hydrogens is 600 g/mol. The van der Waals surface area contributed by atoms with E-state index in [1.165, 1.54) is 70.6 Å². The van der Waals surface area contributed by atoms with Crippen molar-refractivity contribution in [2.75, 3.05) is 0 Å². The van der Waals surface area contributed by atoms with Crippen LogP contribution in [0.5, 0.6) is 0 Å². The third kappa shape index (κ3) is 9.68. The maximum Gasteiger partial charge on any atom is 0.306 e. The molecule has 0 aromatic rings. The summed E-state index contributed by atoms with van der Waals surface area (Å²) < 4.78 is 6.04. The monoisotopic (exact) mass is 673 g/mol. The van der Waals surface area contributed by atoms with E-state index in [9.17, 15) is 24.9 Å². The van der Waals surface area contributed by atoms with Crippen molar-refractivity contribution < 1.29 is 29.6 Å². The van der Waals surface area contributed by atoms with E-state index in [4.69, 9.17) is 4.74 Å². The number of aliphatic hydroxyl groups is 2. The van der Waals surface area contributed by atoms with E-state index < -0.39 is 18.2 Å². The van der Waals surface area contributed by atoms with E-state index in [0.717, 1.165) is 51.4 Å². The van der Waals surface area contributed by atoms with E-state index in [0.29, 0.717) is 25.2 Å². The van der Waals surface area contributed by atoms with Crippen LogP contribution in [0.25, 0.3) is 0 Å². The molecule has 0 aromatic carbocycles. The number of ether oxygens (including phenoxy) is 1. The summed E-state index contributed by atoms with van der Waals surface area (Å²) in [5.41, 5.74) is -0.244. The smallest absolute Gasteiger partial charge is 0.306 e. The second-order valence-corrected chi connectivity index (χ2v) is 17.2. The first kappa shape index (κ1) is 39.4. The summed E-state index contributed by atoms with van der Waals surface area (Å²) in [6.45, 7) is 9.06. The van der Waals surface area contributed by atoms with Crippen LogP contribution in [0.15, 0.2) is 12.2 Å². The Balaban J connectivity index is 1.16. The van der Waals surface area contributed by atoms with Crippen LogP contribution in [0.1, 0.15) is 175 Å². The van der Waals surface area contributed by atoms with E-state index >= 15 is 0 Å². The third-order valence-corrected chi connectivity index (χ3v) is 14.3. The third-order valence-electron chi connectivity index (χ3n) is 14.3. The predicted octanol–water partition coefficient (Wildman–Crippen LogP) is 10.0. The molecule has 48 heavy (non-hydrogen) atoms. The van der Waals surface area contributed by atoms with E-state index in [1.54, 1.807) is 0 Å². The fraction of sp³-hybridized carbons (Fsp3) is 0.905. The average Bonchev–Trinajstić information content (AvgIpc) is 3.41. The maximum absolute atomic E-state index is 12.8. The highest BCUT2D eigenvalue weighted by Gasteiger charge is 2.65. The molecule has 0 heterocycles. The highest BCUT2D eigenvalue weighted by Crippen LogP contribution is 2.68. The van der Waals surface area contributed by atoms with Crippen molar-refractivity contribution in [3.8, 4) is 0 Å². The summed E-state index contributed by atoms with van der Waals surface area (Å²) in [7, 11) is 0. The van der Waals surface area contributed by atoms with Gasteiger partial charge in [-0.1, -0.05) is 91.2 Å². The summed E-state index contributed by atoms with van der Waals surface area (Å²) >= 11 is 0. The van der Waals surface area contributed by atoms with Gasteiger partial charge in [-0.3, -0.25) is 9.59 Å². The Kier molecular flexibility index (Phi) is 15.4. The normalized spacial score (nSPS) is 36.7. The Morgan fingerprint density at radius 1 is 0.812 bits per heavy atom. The minimum atomic E-state index is -0.753. The SMILES string of the molecule is CCCCCCCC/C=C\CCCCCCCC(=O)O[C@@H]1CC[C@@]2(C)[C@@H](C1)C[C@@H](O)[C@@H]1[C@@H]2C[C@H](O)[C@]2(C)[C@@H]([C@H](C)CCC(=O)O)CC[C@@H]12. The fourth-order valence-electron chi connectivity index (χ4n) is 11.4. The summed E-state index contributed by atoms with van der Waals surface area (Å²) in [6.07, 6.45) is 27.4. The highest BCUT2D eigenvalue weighted by molar-refractivity contribution is 5.69. The van der Waals surface area contributed by atoms with E-state index in [1.807, 2.05) is 0 Å². The van der Waals surface area contributed by atoms with Crippen molar-refractivity contribution >= 4 is 11.9 Å². The lowest BCUT2D eigenvalue weighted by Crippen LogP contribution is -2.62. The highest BCUT2D eigenvalue weighted by atomic mass is 16.5. The number of carbonyl (C=O) groups excluding carboxylic acids is 1. The van der Waals surface area contributed by atoms with Crippen LogP contribution in [0.2, 0.25) is 0 Å². The van der Waals surface area contributed by atoms with Gasteiger partial charge < -0.3 is 20.1 Å². The number of rotatable bonds is 20. The average molecular weight is 673 g/mol. The van der Waals surface area contributed by atoms with Crippen LogP contribution in [0, 0.1) is 46.3 Å². The van der Waals surface area contributed by atoms with Gasteiger partial charge in [0, 0.05) is 12.8 Å². The van der Waals surface area contributed by atoms with Crippen LogP contribution in [0.3, 0.4) is 0 Å². The molecule has 6 heteroatoms. The molecule has 4 aliphatic carbocycles. The molecule has 4 rings (SSSR count). The van der Waals surface area contributed by atoms with Crippen LogP contribution in [-0.4, -0.2) is 45.6 Å². The van der Waals surface area contributed by atoms with Crippen molar-refractivity contribution in [2.24, 2.45) is 46.3 Å². The molecule has 0 radical (unpaired) electrons. The lowest BCUT2D eigenvalue weighted by molar-refractivity contribution is -0.209. The molecule has 0 bridgehead atoms. The van der Waals surface area contributed by atoms with Crippen molar-refractivity contribution in [3.05, 3.63) is 12.2 Å². The Morgan fingerprint density at radius 3 is 2.12 bits per heavy atom. The molecule has 4 fully saturated rings. The van der Waals surface area contributed by atoms with Crippen molar-refractivity contribution in [1.82, 2.24) is 0 Å². The van der Waals surface area contributed by atoms with Gasteiger partial charge >= 0.3 is 11.9 Å². The standard InChI is InChI=1S/C42H72O6/c1-5-6-7-8-9-10-11-12-13-14-15-16-17-18-19-20-39(47)48-32-25-26-41(3)31(27-32)28-36(43)40-34-23-22-33(30(2)21-24-38(45)46)42(34,4)37(44)29-35(40)41/h12-13,30-37,40,43-44H,5-11,14-29H2,1-4H3,(H,45,46)/b13-12-/t30-,31+,32-,33-,34+,35+,36-,37+,40+,41+,42-/m1/s1. The molecule has 0 aliphatic heterocycles. The molecule has 11 atom stereocenters. The van der Waals surface area contributed by atoms with Crippen molar-refractivity contribution in [2.45, 2.75) is 194 Å². The second kappa shape index (κ2) is 18.7. The fourth-order valence-corrected chi connectivity index (χ4v) is 11.4. The number of fused-ring (bicyclic) bond motifs is 5. The summed E-state index contributed by atoms with van der Waals surface area (Å²) in [5, 5.41) is 32.8. The van der Waals surface area contributed by atoms with E-state index in [-0.39, 0.29) is 58.9 Å². The van der Waals surface area contributed by atoms with Gasteiger partial charge in [0.2, 0.25) is 0 Å². The van der Waals surface area contributed by atoms with Crippen LogP contribution < -0.4 is 0 Å². The number of hydrogen-bond acceptors (Lipinski definition) is 5. The first-order chi connectivity index (χ1) is 23.0. The van der Waals surface area contributed by atoms with Gasteiger partial charge in [-0.05, 0) is 130 Å². The van der Waals surface area contributed by atoms with Gasteiger partial charge in [0.25, 0.3) is 0 Å². The summed E-state index contributed by atoms with van der Waals surface area (Å²) in [5.74, 6) is 0.707. The number of esters is 1. The van der Waals surface area contributed by atoms with Crippen molar-refractivity contribution in [3.63, 3.8) is 0 Å². The zero-order valence-electron chi connectivity index (χ0n) is 31.2. The lowest BCUT2D eigenvalue weighted by atomic mass is 9.43. The summed E-state index contributed by atoms with van der Waals surface area (Å²) in [4.78, 5) is 24.1. The van der Waals surface area contributed by atoms with Crippen LogP contribution >= 0.6 is 0 Å². The molecular formula is C42H72O6. The van der Waals surface area contributed by atoms with E-state index in [2.05, 4.69) is 39.8 Å². The molecule has 3 N–H and O–H groups in total. The van der Waals surface area contributed by atoms with Crippen molar-refractivity contribution in [1.29, 1.82) is 0 Å². The Labute approximate surface area is 293 Å². The molecule has 0 amide bonds. The number of carbonyl (C=O) groups is 2. The number of carboxylic acids is 1. The topological polar surface area (TPSA) is 104 Å². The minimum Gasteiger partial charge on any atom is -0.481 e. The molecule has 0 aromatic heterocycles. The number of aliphatic hydroxyl groups excluding tert-OH is 2. The minimum absolute atomic E-state index is 0.0333. The quantitative estimate of drug-likeness (QED) is 0.0676. The first-order valence-corrected chi connectivity index (χ1v) is 20.4. The molecule has 0 spiro atoms. The molecule has 6 nitrogen and oxygen atoms in total. The van der Waals surface area contributed by atoms with Crippen LogP contribution in [0.4, 0.5) is 0 Å². The molecule has 0 saturated heterocycles. The van der Waals surface area contributed by atoms with Gasteiger partial charge in [0.1, 0.15) is 6.10 Å². The maximum atomic E-state index is 12.8. The summed E-state index contributed by atoms with van der Waals surface area (Å²) in [6, 6.07) is 0. The van der Waals surface area contributed by atoms with Crippen LogP contribution in [-0.2, 0) is 14.3 Å². The van der Waals surface area contributed by atoms with Gasteiger partial charge in [-0.15, -0.1) is 0 Å². The number of carboxylic acid groups (broad SMARTS) is 1. The number of unbranched alkanes of at least 4 members (excludes halogenated alkanes) is 11. The molecule has 0 unspecified atom stereocenters. The second-order valence-electron chi connectivity index (χ2n) is 17.2. The van der Waals surface area contributed by atoms with Gasteiger partial charge in [-0.2, -0.15) is 0 Å². The number of hydrogen-bond donors (Lipinski definition) is 3. The Bertz CT molecular complexity index is 1030. The van der Waals surface area contributed by atoms with Gasteiger partial charge in [-0.25, -0.2) is 0 Å². The van der Waals surface area contributed by atoms with Gasteiger partial charge in [0.05, 0.1) is 12.2 Å². The molecule has 4 saturated carbocycles. The molecule has 4 aliphatic rings. The van der Waals surface area contributed by atoms with Gasteiger partial charge in [0.15, 0.2) is 0 Å². The predicted molar refractivity (Wildman–Crippen MR) is 193 cm³/mol. The lowest BCUT2D eigenvalue weighted by Gasteiger charge is -2.63. The first-order valence-electron chi connectivity index (χ1n) is 20.4. The number of aliphatic carboxylic acids is 1. The Hall–Kier alpha value is -1.40. The Morgan fingerprint density at radius 2 is 1.46 bits per heavy atom. The largest absolute Gasteiger partial charge is 0.481 e. The molecule has 276 valence electrons. The zero-order valence-corrected chi connectivity index (χ0v) is 31.2. The number of allylic oxidation sites excluding steroid dienone is 2. The zero-order chi connectivity index (χ0) is 34.7.